The molecule has 1 unspecified atom stereocenters. The highest BCUT2D eigenvalue weighted by molar-refractivity contribution is 5.84. The molecule has 0 aromatic carbocycles. The molecule has 3 N–H and O–H groups in total. The first kappa shape index (κ1) is 17.2. The van der Waals surface area contributed by atoms with Gasteiger partial charge in [0.05, 0.1) is 18.6 Å². The van der Waals surface area contributed by atoms with Crippen molar-refractivity contribution in [2.45, 2.75) is 44.8 Å². The molecule has 1 atom stereocenters. The maximum atomic E-state index is 11.8. The Kier molecular flexibility index (Phi) is 7.23. The number of nitrogens with two attached hydrogens (primary N) is 1. The molecule has 0 bridgehead atoms. The van der Waals surface area contributed by atoms with Crippen molar-refractivity contribution in [3.63, 3.8) is 0 Å². The van der Waals surface area contributed by atoms with Crippen LogP contribution in [0.3, 0.4) is 0 Å². The average Bonchev–Trinajstić information content (AvgIpc) is 2.22. The van der Waals surface area contributed by atoms with E-state index in [1.165, 1.54) is 0 Å². The van der Waals surface area contributed by atoms with Crippen LogP contribution in [-0.2, 0) is 9.53 Å². The number of ether oxygens (including phenoxy) is 1. The van der Waals surface area contributed by atoms with E-state index in [1.807, 2.05) is 6.92 Å². The quantitative estimate of drug-likeness (QED) is 0.625. The lowest BCUT2D eigenvalue weighted by molar-refractivity contribution is -0.145. The summed E-state index contributed by atoms with van der Waals surface area (Å²) in [6, 6.07) is 0. The molecule has 0 aromatic rings. The number of alkyl halides is 3. The van der Waals surface area contributed by atoms with Gasteiger partial charge in [0.1, 0.15) is 0 Å². The highest BCUT2D eigenvalue weighted by Gasteiger charge is 2.29. The summed E-state index contributed by atoms with van der Waals surface area (Å²) in [5.41, 5.74) is 4.43. The third-order valence-electron chi connectivity index (χ3n) is 2.61. The van der Waals surface area contributed by atoms with Crippen LogP contribution in [0.25, 0.3) is 0 Å². The predicted molar refractivity (Wildman–Crippen MR) is 62.0 cm³/mol. The van der Waals surface area contributed by atoms with Crippen LogP contribution in [0.2, 0.25) is 0 Å². The van der Waals surface area contributed by atoms with Crippen LogP contribution >= 0.6 is 0 Å². The van der Waals surface area contributed by atoms with Crippen LogP contribution in [-0.4, -0.2) is 37.4 Å². The number of primary amides is 1. The number of likely N-dealkylation sites (N-methyl/N-ethyl adjacent to an activating group) is 1. The monoisotopic (exact) mass is 270 g/mol. The largest absolute Gasteiger partial charge is 0.391 e. The van der Waals surface area contributed by atoms with Gasteiger partial charge in [-0.15, -0.1) is 0 Å². The van der Waals surface area contributed by atoms with Crippen molar-refractivity contribution in [1.29, 1.82) is 0 Å². The molecule has 0 aliphatic rings. The molecule has 0 fully saturated rings. The van der Waals surface area contributed by atoms with Crippen molar-refractivity contribution >= 4 is 5.91 Å². The Bertz CT molecular complexity index is 259. The molecule has 0 spiro atoms. The van der Waals surface area contributed by atoms with Crippen molar-refractivity contribution in [2.24, 2.45) is 5.73 Å². The first-order valence-corrected chi connectivity index (χ1v) is 5.90. The first-order valence-electron chi connectivity index (χ1n) is 5.90. The number of hydrogen-bond acceptors (Lipinski definition) is 3. The third kappa shape index (κ3) is 7.50. The lowest BCUT2D eigenvalue weighted by Crippen LogP contribution is -2.53. The minimum atomic E-state index is -4.19. The summed E-state index contributed by atoms with van der Waals surface area (Å²) < 4.78 is 40.3. The van der Waals surface area contributed by atoms with E-state index in [2.05, 4.69) is 5.32 Å². The highest BCUT2D eigenvalue weighted by atomic mass is 19.4. The van der Waals surface area contributed by atoms with Crippen molar-refractivity contribution < 1.29 is 22.7 Å². The van der Waals surface area contributed by atoms with E-state index in [4.69, 9.17) is 10.5 Å². The van der Waals surface area contributed by atoms with Crippen LogP contribution in [0.1, 0.15) is 33.1 Å². The molecular formula is C11H21F3N2O2. The van der Waals surface area contributed by atoms with Gasteiger partial charge >= 0.3 is 6.18 Å². The number of rotatable bonds is 9. The zero-order valence-electron chi connectivity index (χ0n) is 10.8. The van der Waals surface area contributed by atoms with Crippen molar-refractivity contribution in [1.82, 2.24) is 5.32 Å². The van der Waals surface area contributed by atoms with Crippen molar-refractivity contribution in [2.75, 3.05) is 19.8 Å². The number of carbonyl (C=O) groups is 1. The van der Waals surface area contributed by atoms with Gasteiger partial charge in [-0.25, -0.2) is 0 Å². The lowest BCUT2D eigenvalue weighted by atomic mass is 9.95. The van der Waals surface area contributed by atoms with E-state index in [0.717, 1.165) is 0 Å². The second-order valence-electron chi connectivity index (χ2n) is 4.31. The summed E-state index contributed by atoms with van der Waals surface area (Å²) >= 11 is 0. The second kappa shape index (κ2) is 7.58. The smallest absolute Gasteiger partial charge is 0.381 e. The molecule has 7 heteroatoms. The van der Waals surface area contributed by atoms with E-state index < -0.39 is 24.0 Å². The SMILES string of the molecule is CCNC(C)(CCCOCCC(F)(F)F)C(N)=O. The minimum Gasteiger partial charge on any atom is -0.381 e. The van der Waals surface area contributed by atoms with Crippen molar-refractivity contribution in [3.05, 3.63) is 0 Å². The van der Waals surface area contributed by atoms with Gasteiger partial charge in [-0.1, -0.05) is 6.92 Å². The number of hydrogen-bond donors (Lipinski definition) is 2. The molecule has 108 valence electrons. The van der Waals surface area contributed by atoms with Gasteiger partial charge in [-0.05, 0) is 26.3 Å². The summed E-state index contributed by atoms with van der Waals surface area (Å²) in [6.45, 7) is 3.95. The summed E-state index contributed by atoms with van der Waals surface area (Å²) in [6.07, 6.45) is -4.23. The van der Waals surface area contributed by atoms with E-state index in [9.17, 15) is 18.0 Å². The van der Waals surface area contributed by atoms with Gasteiger partial charge in [0.25, 0.3) is 0 Å². The Labute approximate surface area is 105 Å². The molecule has 1 amide bonds. The minimum absolute atomic E-state index is 0.185. The molecule has 0 rings (SSSR count). The van der Waals surface area contributed by atoms with Crippen LogP contribution in [0.15, 0.2) is 0 Å². The molecule has 0 aliphatic carbocycles. The second-order valence-corrected chi connectivity index (χ2v) is 4.31. The molecule has 18 heavy (non-hydrogen) atoms. The maximum Gasteiger partial charge on any atom is 0.391 e. The Hall–Kier alpha value is -0.820. The molecule has 0 saturated carbocycles. The normalized spacial score (nSPS) is 15.4. The van der Waals surface area contributed by atoms with Crippen LogP contribution in [0.5, 0.6) is 0 Å². The molecule has 0 radical (unpaired) electrons. The summed E-state index contributed by atoms with van der Waals surface area (Å²) in [7, 11) is 0. The zero-order chi connectivity index (χ0) is 14.2. The first-order chi connectivity index (χ1) is 8.21. The Morgan fingerprint density at radius 1 is 1.28 bits per heavy atom. The van der Waals surface area contributed by atoms with Gasteiger partial charge in [0, 0.05) is 6.61 Å². The van der Waals surface area contributed by atoms with Gasteiger partial charge < -0.3 is 15.8 Å². The summed E-state index contributed by atoms with van der Waals surface area (Å²) in [5.74, 6) is -0.473. The fourth-order valence-electron chi connectivity index (χ4n) is 1.51. The van der Waals surface area contributed by atoms with E-state index in [0.29, 0.717) is 19.4 Å². The third-order valence-corrected chi connectivity index (χ3v) is 2.61. The topological polar surface area (TPSA) is 64.3 Å². The Morgan fingerprint density at radius 3 is 2.33 bits per heavy atom. The van der Waals surface area contributed by atoms with Gasteiger partial charge in [-0.2, -0.15) is 13.2 Å². The molecule has 4 nitrogen and oxygen atoms in total. The Morgan fingerprint density at radius 2 is 1.89 bits per heavy atom. The summed E-state index contributed by atoms with van der Waals surface area (Å²) in [5, 5.41) is 2.96. The zero-order valence-corrected chi connectivity index (χ0v) is 10.8. The van der Waals surface area contributed by atoms with Crippen LogP contribution in [0.4, 0.5) is 13.2 Å². The maximum absolute atomic E-state index is 11.8. The summed E-state index contributed by atoms with van der Waals surface area (Å²) in [4.78, 5) is 11.2. The van der Waals surface area contributed by atoms with E-state index in [1.54, 1.807) is 6.92 Å². The Balaban J connectivity index is 3.78. The van der Waals surface area contributed by atoms with E-state index in [-0.39, 0.29) is 13.2 Å². The number of nitrogens with one attached hydrogen (secondary N) is 1. The number of halogens is 3. The predicted octanol–water partition coefficient (Wildman–Crippen LogP) is 1.59. The van der Waals surface area contributed by atoms with Crippen LogP contribution in [0, 0.1) is 0 Å². The van der Waals surface area contributed by atoms with Crippen LogP contribution < -0.4 is 11.1 Å². The fraction of sp³-hybridized carbons (Fsp3) is 0.909. The standard InChI is InChI=1S/C11H21F3N2O2/c1-3-16-10(2,9(15)17)5-4-7-18-8-6-11(12,13)14/h16H,3-8H2,1-2H3,(H2,15,17). The van der Waals surface area contributed by atoms with Gasteiger partial charge in [0.2, 0.25) is 5.91 Å². The number of carbonyl (C=O) groups excluding carboxylic acids is 1. The van der Waals surface area contributed by atoms with E-state index >= 15 is 0 Å². The molecule has 0 aromatic heterocycles. The molecular weight excluding hydrogens is 249 g/mol. The number of amides is 1. The average molecular weight is 270 g/mol. The fourth-order valence-corrected chi connectivity index (χ4v) is 1.51. The highest BCUT2D eigenvalue weighted by Crippen LogP contribution is 2.19. The lowest BCUT2D eigenvalue weighted by Gasteiger charge is -2.26. The van der Waals surface area contributed by atoms with Gasteiger partial charge in [0.15, 0.2) is 0 Å². The molecule has 0 saturated heterocycles. The van der Waals surface area contributed by atoms with Gasteiger partial charge in [-0.3, -0.25) is 4.79 Å². The molecule has 0 heterocycles. The molecule has 0 aliphatic heterocycles. The van der Waals surface area contributed by atoms with Crippen molar-refractivity contribution in [3.8, 4) is 0 Å².